The van der Waals surface area contributed by atoms with Crippen LogP contribution in [0.1, 0.15) is 6.92 Å². The molecule has 152 valence electrons. The zero-order chi connectivity index (χ0) is 20.5. The van der Waals surface area contributed by atoms with Crippen LogP contribution in [0.15, 0.2) is 54.6 Å². The van der Waals surface area contributed by atoms with Crippen LogP contribution in [-0.2, 0) is 9.53 Å². The predicted octanol–water partition coefficient (Wildman–Crippen LogP) is 1.32. The Morgan fingerprint density at radius 1 is 1.03 bits per heavy atom. The third kappa shape index (κ3) is 3.77. The minimum atomic E-state index is -1.36. The molecule has 0 aliphatic carbocycles. The van der Waals surface area contributed by atoms with Crippen LogP contribution in [-0.4, -0.2) is 58.5 Å². The second kappa shape index (κ2) is 7.96. The summed E-state index contributed by atoms with van der Waals surface area (Å²) in [4.78, 5) is 11.6. The highest BCUT2D eigenvalue weighted by atomic mass is 16.7. The molecule has 0 bridgehead atoms. The lowest BCUT2D eigenvalue weighted by atomic mass is 9.97. The van der Waals surface area contributed by atoms with Gasteiger partial charge in [0.1, 0.15) is 30.1 Å². The minimum Gasteiger partial charge on any atom is -0.462 e. The summed E-state index contributed by atoms with van der Waals surface area (Å²) in [5.74, 6) is 0.110. The van der Waals surface area contributed by atoms with Gasteiger partial charge in [-0.25, -0.2) is 0 Å². The van der Waals surface area contributed by atoms with Crippen molar-refractivity contribution in [1.29, 1.82) is 0 Å². The highest BCUT2D eigenvalue weighted by molar-refractivity contribution is 6.00. The molecule has 1 fully saturated rings. The Labute approximate surface area is 167 Å². The number of carbonyl (C=O) groups excluding carboxylic acids is 1. The SMILES string of the molecule is CC(=O)N[C@H]1[C@H](Oc2cccc3cc4ccccc4cc23)O[C@H](CO)[C@H](O)[C@@H]1O. The Kier molecular flexibility index (Phi) is 5.38. The Morgan fingerprint density at radius 2 is 1.72 bits per heavy atom. The van der Waals surface area contributed by atoms with Crippen molar-refractivity contribution >= 4 is 27.5 Å². The first kappa shape index (κ1) is 19.6. The summed E-state index contributed by atoms with van der Waals surface area (Å²) >= 11 is 0. The van der Waals surface area contributed by atoms with E-state index in [1.807, 2.05) is 42.5 Å². The molecule has 3 aromatic carbocycles. The number of nitrogens with one attached hydrogen (secondary N) is 1. The minimum absolute atomic E-state index is 0.398. The predicted molar refractivity (Wildman–Crippen MR) is 107 cm³/mol. The monoisotopic (exact) mass is 397 g/mol. The summed E-state index contributed by atoms with van der Waals surface area (Å²) in [5.41, 5.74) is 0. The standard InChI is InChI=1S/C22H23NO6/c1-12(25)23-19-21(27)20(26)18(11-24)29-22(19)28-17-8-4-7-15-9-13-5-2-3-6-14(13)10-16(15)17/h2-10,18-22,24,26-27H,11H2,1H3,(H,23,25)/t18-,19-,20+,21-,22-/m1/s1. The van der Waals surface area contributed by atoms with E-state index in [4.69, 9.17) is 9.47 Å². The fourth-order valence-corrected chi connectivity index (χ4v) is 3.74. The molecule has 7 heteroatoms. The number of rotatable bonds is 4. The number of hydrogen-bond acceptors (Lipinski definition) is 6. The van der Waals surface area contributed by atoms with Crippen molar-refractivity contribution in [2.75, 3.05) is 6.61 Å². The number of carbonyl (C=O) groups is 1. The van der Waals surface area contributed by atoms with E-state index in [0.29, 0.717) is 5.75 Å². The topological polar surface area (TPSA) is 108 Å². The number of fused-ring (bicyclic) bond motifs is 2. The van der Waals surface area contributed by atoms with Gasteiger partial charge in [0.25, 0.3) is 0 Å². The van der Waals surface area contributed by atoms with Gasteiger partial charge in [-0.3, -0.25) is 4.79 Å². The van der Waals surface area contributed by atoms with Crippen molar-refractivity contribution in [3.05, 3.63) is 54.6 Å². The first-order chi connectivity index (χ1) is 14.0. The summed E-state index contributed by atoms with van der Waals surface area (Å²) in [5, 5.41) is 36.6. The van der Waals surface area contributed by atoms with E-state index in [9.17, 15) is 20.1 Å². The Bertz CT molecular complexity index is 1040. The summed E-state index contributed by atoms with van der Waals surface area (Å²) < 4.78 is 11.7. The largest absolute Gasteiger partial charge is 0.462 e. The molecule has 5 atom stereocenters. The van der Waals surface area contributed by atoms with E-state index >= 15 is 0 Å². The van der Waals surface area contributed by atoms with Crippen molar-refractivity contribution in [2.24, 2.45) is 0 Å². The van der Waals surface area contributed by atoms with Gasteiger partial charge in [0.05, 0.1) is 6.61 Å². The molecule has 1 heterocycles. The number of amides is 1. The molecule has 0 aromatic heterocycles. The molecule has 4 N–H and O–H groups in total. The van der Waals surface area contributed by atoms with Gasteiger partial charge in [0.15, 0.2) is 0 Å². The van der Waals surface area contributed by atoms with Crippen molar-refractivity contribution in [1.82, 2.24) is 5.32 Å². The number of aliphatic hydroxyl groups excluding tert-OH is 3. The molecule has 4 rings (SSSR count). The molecule has 7 nitrogen and oxygen atoms in total. The van der Waals surface area contributed by atoms with Gasteiger partial charge in [-0.15, -0.1) is 0 Å². The van der Waals surface area contributed by atoms with Crippen LogP contribution in [0, 0.1) is 0 Å². The van der Waals surface area contributed by atoms with Crippen LogP contribution in [0.5, 0.6) is 5.75 Å². The maximum Gasteiger partial charge on any atom is 0.223 e. The molecule has 0 radical (unpaired) electrons. The van der Waals surface area contributed by atoms with E-state index in [-0.39, 0.29) is 0 Å². The average Bonchev–Trinajstić information content (AvgIpc) is 2.72. The maximum absolute atomic E-state index is 11.6. The van der Waals surface area contributed by atoms with E-state index in [2.05, 4.69) is 11.4 Å². The van der Waals surface area contributed by atoms with E-state index < -0.39 is 43.2 Å². The average molecular weight is 397 g/mol. The summed E-state index contributed by atoms with van der Waals surface area (Å²) in [6.07, 6.45) is -4.83. The fourth-order valence-electron chi connectivity index (χ4n) is 3.74. The van der Waals surface area contributed by atoms with Crippen LogP contribution in [0.3, 0.4) is 0 Å². The number of aliphatic hydroxyl groups is 3. The molecule has 0 unspecified atom stereocenters. The van der Waals surface area contributed by atoms with Crippen molar-refractivity contribution in [3.63, 3.8) is 0 Å². The van der Waals surface area contributed by atoms with Crippen LogP contribution < -0.4 is 10.1 Å². The zero-order valence-corrected chi connectivity index (χ0v) is 15.9. The van der Waals surface area contributed by atoms with Crippen molar-refractivity contribution in [3.8, 4) is 5.75 Å². The molecule has 1 amide bonds. The van der Waals surface area contributed by atoms with Crippen LogP contribution in [0.4, 0.5) is 0 Å². The van der Waals surface area contributed by atoms with Crippen LogP contribution in [0.2, 0.25) is 0 Å². The molecular formula is C22H23NO6. The van der Waals surface area contributed by atoms with Crippen LogP contribution >= 0.6 is 0 Å². The van der Waals surface area contributed by atoms with Crippen molar-refractivity contribution in [2.45, 2.75) is 37.6 Å². The van der Waals surface area contributed by atoms with E-state index in [1.54, 1.807) is 6.07 Å². The molecule has 29 heavy (non-hydrogen) atoms. The van der Waals surface area contributed by atoms with Gasteiger partial charge in [-0.1, -0.05) is 36.4 Å². The third-order valence-electron chi connectivity index (χ3n) is 5.20. The molecule has 1 saturated heterocycles. The van der Waals surface area contributed by atoms with Gasteiger partial charge >= 0.3 is 0 Å². The first-order valence-corrected chi connectivity index (χ1v) is 9.45. The fraction of sp³-hybridized carbons (Fsp3) is 0.318. The lowest BCUT2D eigenvalue weighted by Crippen LogP contribution is -2.65. The van der Waals surface area contributed by atoms with E-state index in [1.165, 1.54) is 6.92 Å². The van der Waals surface area contributed by atoms with E-state index in [0.717, 1.165) is 21.5 Å². The first-order valence-electron chi connectivity index (χ1n) is 9.45. The quantitative estimate of drug-likeness (QED) is 0.495. The summed E-state index contributed by atoms with van der Waals surface area (Å²) in [6, 6.07) is 16.6. The highest BCUT2D eigenvalue weighted by Crippen LogP contribution is 2.32. The number of ether oxygens (including phenoxy) is 2. The van der Waals surface area contributed by atoms with Crippen molar-refractivity contribution < 1.29 is 29.6 Å². The maximum atomic E-state index is 11.6. The number of benzene rings is 3. The third-order valence-corrected chi connectivity index (χ3v) is 5.20. The Balaban J connectivity index is 1.72. The van der Waals surface area contributed by atoms with Gasteiger partial charge in [-0.05, 0) is 34.4 Å². The second-order valence-corrected chi connectivity index (χ2v) is 7.23. The molecule has 0 saturated carbocycles. The Morgan fingerprint density at radius 3 is 2.41 bits per heavy atom. The van der Waals surface area contributed by atoms with Gasteiger partial charge in [0, 0.05) is 12.3 Å². The summed E-state index contributed by atoms with van der Waals surface area (Å²) in [6.45, 7) is 0.809. The van der Waals surface area contributed by atoms with Gasteiger partial charge in [-0.2, -0.15) is 0 Å². The van der Waals surface area contributed by atoms with Crippen LogP contribution in [0.25, 0.3) is 21.5 Å². The molecule has 1 aliphatic rings. The lowest BCUT2D eigenvalue weighted by molar-refractivity contribution is -0.244. The van der Waals surface area contributed by atoms with Gasteiger partial charge in [0.2, 0.25) is 12.2 Å². The smallest absolute Gasteiger partial charge is 0.223 e. The van der Waals surface area contributed by atoms with Gasteiger partial charge < -0.3 is 30.1 Å². The zero-order valence-electron chi connectivity index (χ0n) is 15.9. The lowest BCUT2D eigenvalue weighted by Gasteiger charge is -2.42. The molecule has 3 aromatic rings. The highest BCUT2D eigenvalue weighted by Gasteiger charge is 2.46. The Hall–Kier alpha value is -2.71. The molecule has 1 aliphatic heterocycles. The molecule has 0 spiro atoms. The normalized spacial score (nSPS) is 27.1. The molecular weight excluding hydrogens is 374 g/mol. The summed E-state index contributed by atoms with van der Waals surface area (Å²) in [7, 11) is 0. The number of hydrogen-bond donors (Lipinski definition) is 4. The second-order valence-electron chi connectivity index (χ2n) is 7.23.